The molecule has 26 heavy (non-hydrogen) atoms. The van der Waals surface area contributed by atoms with Crippen LogP contribution in [-0.4, -0.2) is 54.8 Å². The summed E-state index contributed by atoms with van der Waals surface area (Å²) < 4.78 is 0. The summed E-state index contributed by atoms with van der Waals surface area (Å²) >= 11 is 0. The number of aromatic nitrogens is 1. The van der Waals surface area contributed by atoms with E-state index >= 15 is 0 Å². The molecule has 5 nitrogen and oxygen atoms in total. The molecule has 2 aliphatic heterocycles. The van der Waals surface area contributed by atoms with Crippen molar-refractivity contribution >= 4 is 19.9 Å². The van der Waals surface area contributed by atoms with E-state index in [1.807, 2.05) is 12.4 Å². The van der Waals surface area contributed by atoms with Crippen molar-refractivity contribution in [2.45, 2.75) is 46.5 Å². The Morgan fingerprint density at radius 2 is 2.00 bits per heavy atom. The monoisotopic (exact) mass is 371 g/mol. The van der Waals surface area contributed by atoms with Gasteiger partial charge in [0.05, 0.1) is 17.9 Å². The molecule has 0 spiro atoms. The van der Waals surface area contributed by atoms with Gasteiger partial charge in [0.2, 0.25) is 0 Å². The lowest BCUT2D eigenvalue weighted by molar-refractivity contribution is 0.0309. The Morgan fingerprint density at radius 1 is 1.31 bits per heavy atom. The van der Waals surface area contributed by atoms with Crippen LogP contribution in [0.1, 0.15) is 26.3 Å². The summed E-state index contributed by atoms with van der Waals surface area (Å²) in [5.74, 6) is 3.27. The molecule has 0 saturated carbocycles. The van der Waals surface area contributed by atoms with Crippen LogP contribution in [0.2, 0.25) is 19.6 Å². The number of rotatable bonds is 1. The van der Waals surface area contributed by atoms with Crippen LogP contribution >= 0.6 is 0 Å². The lowest BCUT2D eigenvalue weighted by atomic mass is 9.58. The Hall–Kier alpha value is -2.00. The first-order valence-electron chi connectivity index (χ1n) is 9.16. The van der Waals surface area contributed by atoms with Crippen LogP contribution in [0, 0.1) is 22.3 Å². The second-order valence-electron chi connectivity index (χ2n) is 9.64. The van der Waals surface area contributed by atoms with E-state index in [2.05, 4.69) is 67.8 Å². The maximum Gasteiger partial charge on any atom is 0.407 e. The van der Waals surface area contributed by atoms with Gasteiger partial charge in [-0.1, -0.05) is 46.3 Å². The van der Waals surface area contributed by atoms with Crippen molar-refractivity contribution in [1.82, 2.24) is 9.88 Å². The van der Waals surface area contributed by atoms with Gasteiger partial charge in [0.1, 0.15) is 8.07 Å². The molecular weight excluding hydrogens is 342 g/mol. The first-order chi connectivity index (χ1) is 11.9. The molecule has 2 saturated heterocycles. The Labute approximate surface area is 157 Å². The normalized spacial score (nSPS) is 25.2. The number of carboxylic acid groups (broad SMARTS) is 1. The highest BCUT2D eigenvalue weighted by Gasteiger charge is 2.64. The molecule has 0 aliphatic carbocycles. The third-order valence-electron chi connectivity index (χ3n) is 5.73. The molecule has 3 rings (SSSR count). The molecule has 0 radical (unpaired) electrons. The summed E-state index contributed by atoms with van der Waals surface area (Å²) in [7, 11) is -1.43. The van der Waals surface area contributed by atoms with E-state index in [9.17, 15) is 9.90 Å². The number of nitrogens with zero attached hydrogens (tertiary/aromatic N) is 3. The summed E-state index contributed by atoms with van der Waals surface area (Å²) in [5, 5.41) is 9.48. The van der Waals surface area contributed by atoms with Crippen LogP contribution in [0.25, 0.3) is 0 Å². The number of pyridine rings is 1. The molecule has 0 bridgehead atoms. The number of fused-ring (bicyclic) bond motifs is 1. The van der Waals surface area contributed by atoms with E-state index < -0.39 is 14.2 Å². The SMILES string of the molecule is CC(C)(C)[C@]12CN(C(=O)O)C[C@H]1N(c1cncc(C#C[Si](C)(C)C)c1)C2. The molecule has 1 amide bonds. The molecule has 140 valence electrons. The number of amides is 1. The lowest BCUT2D eigenvalue weighted by Gasteiger charge is -2.60. The molecule has 1 N–H and O–H groups in total. The molecular formula is C20H29N3O2Si. The highest BCUT2D eigenvalue weighted by molar-refractivity contribution is 6.83. The van der Waals surface area contributed by atoms with Gasteiger partial charge >= 0.3 is 6.09 Å². The fourth-order valence-corrected chi connectivity index (χ4v) is 4.57. The van der Waals surface area contributed by atoms with E-state index in [4.69, 9.17) is 0 Å². The van der Waals surface area contributed by atoms with Gasteiger partial charge in [-0.15, -0.1) is 5.54 Å². The minimum absolute atomic E-state index is 0.00854. The minimum atomic E-state index is -1.43. The van der Waals surface area contributed by atoms with Gasteiger partial charge in [0.25, 0.3) is 0 Å². The van der Waals surface area contributed by atoms with Gasteiger partial charge in [0.15, 0.2) is 0 Å². The average Bonchev–Trinajstić information content (AvgIpc) is 2.79. The molecule has 0 unspecified atom stereocenters. The molecule has 2 aliphatic rings. The summed E-state index contributed by atoms with van der Waals surface area (Å²) in [6.45, 7) is 15.4. The van der Waals surface area contributed by atoms with Crippen molar-refractivity contribution in [1.29, 1.82) is 0 Å². The van der Waals surface area contributed by atoms with Crippen molar-refractivity contribution in [3.05, 3.63) is 24.0 Å². The maximum absolute atomic E-state index is 11.5. The fraction of sp³-hybridized carbons (Fsp3) is 0.600. The number of hydrogen-bond donors (Lipinski definition) is 1. The molecule has 6 heteroatoms. The first-order valence-corrected chi connectivity index (χ1v) is 12.7. The number of hydrogen-bond acceptors (Lipinski definition) is 3. The predicted octanol–water partition coefficient (Wildman–Crippen LogP) is 3.53. The molecule has 3 heterocycles. The minimum Gasteiger partial charge on any atom is -0.465 e. The summed E-state index contributed by atoms with van der Waals surface area (Å²) in [5.41, 5.74) is 5.40. The lowest BCUT2D eigenvalue weighted by Crippen LogP contribution is -2.69. The van der Waals surface area contributed by atoms with E-state index in [1.165, 1.54) is 0 Å². The second kappa shape index (κ2) is 6.02. The van der Waals surface area contributed by atoms with Crippen LogP contribution in [0.3, 0.4) is 0 Å². The Kier molecular flexibility index (Phi) is 4.35. The zero-order chi connectivity index (χ0) is 19.3. The Balaban J connectivity index is 1.88. The third-order valence-corrected chi connectivity index (χ3v) is 6.61. The number of carbonyl (C=O) groups is 1. The van der Waals surface area contributed by atoms with Gasteiger partial charge < -0.3 is 14.9 Å². The van der Waals surface area contributed by atoms with Crippen LogP contribution in [-0.2, 0) is 0 Å². The average molecular weight is 372 g/mol. The van der Waals surface area contributed by atoms with Gasteiger partial charge in [-0.3, -0.25) is 4.98 Å². The van der Waals surface area contributed by atoms with Crippen LogP contribution in [0.5, 0.6) is 0 Å². The van der Waals surface area contributed by atoms with Crippen LogP contribution < -0.4 is 4.90 Å². The largest absolute Gasteiger partial charge is 0.465 e. The van der Waals surface area contributed by atoms with E-state index in [0.29, 0.717) is 13.1 Å². The number of likely N-dealkylation sites (tertiary alicyclic amines) is 1. The van der Waals surface area contributed by atoms with Crippen LogP contribution in [0.15, 0.2) is 18.5 Å². The fourth-order valence-electron chi connectivity index (χ4n) is 4.05. The van der Waals surface area contributed by atoms with Gasteiger partial charge in [-0.2, -0.15) is 0 Å². The Morgan fingerprint density at radius 3 is 2.58 bits per heavy atom. The summed E-state index contributed by atoms with van der Waals surface area (Å²) in [6.07, 6.45) is 2.86. The quantitative estimate of drug-likeness (QED) is 0.606. The van der Waals surface area contributed by atoms with Gasteiger partial charge in [-0.25, -0.2) is 4.79 Å². The summed E-state index contributed by atoms with van der Waals surface area (Å²) in [4.78, 5) is 19.8. The zero-order valence-electron chi connectivity index (χ0n) is 16.6. The van der Waals surface area contributed by atoms with E-state index in [0.717, 1.165) is 17.8 Å². The molecule has 2 atom stereocenters. The van der Waals surface area contributed by atoms with Gasteiger partial charge in [-0.05, 0) is 11.5 Å². The summed E-state index contributed by atoms with van der Waals surface area (Å²) in [6, 6.07) is 2.29. The zero-order valence-corrected chi connectivity index (χ0v) is 17.6. The first kappa shape index (κ1) is 18.8. The molecule has 1 aromatic heterocycles. The van der Waals surface area contributed by atoms with Crippen molar-refractivity contribution in [3.8, 4) is 11.5 Å². The van der Waals surface area contributed by atoms with Gasteiger partial charge in [0, 0.05) is 36.8 Å². The third kappa shape index (κ3) is 3.21. The van der Waals surface area contributed by atoms with Crippen molar-refractivity contribution in [2.75, 3.05) is 24.5 Å². The smallest absolute Gasteiger partial charge is 0.407 e. The molecule has 0 aromatic carbocycles. The standard InChI is InChI=1S/C20H29N3O2Si/c1-19(2,3)20-13-22(18(24)25)12-17(20)23(14-20)16-9-15(10-21-11-16)7-8-26(4,5)6/h9-11,17H,12-14H2,1-6H3,(H,24,25)/t17-,20+/m1/s1. The van der Waals surface area contributed by atoms with E-state index in [1.54, 1.807) is 4.90 Å². The Bertz CT molecular complexity index is 785. The van der Waals surface area contributed by atoms with Crippen molar-refractivity contribution < 1.29 is 9.90 Å². The molecule has 1 aromatic rings. The maximum atomic E-state index is 11.5. The van der Waals surface area contributed by atoms with Crippen LogP contribution in [0.4, 0.5) is 10.5 Å². The highest BCUT2D eigenvalue weighted by Crippen LogP contribution is 2.55. The van der Waals surface area contributed by atoms with Crippen molar-refractivity contribution in [2.24, 2.45) is 10.8 Å². The van der Waals surface area contributed by atoms with E-state index in [-0.39, 0.29) is 16.9 Å². The van der Waals surface area contributed by atoms with Crippen molar-refractivity contribution in [3.63, 3.8) is 0 Å². The predicted molar refractivity (Wildman–Crippen MR) is 107 cm³/mol. The topological polar surface area (TPSA) is 56.7 Å². The second-order valence-corrected chi connectivity index (χ2v) is 14.4. The number of anilines is 1. The highest BCUT2D eigenvalue weighted by atomic mass is 28.3. The molecule has 2 fully saturated rings.